The van der Waals surface area contributed by atoms with E-state index in [1.54, 1.807) is 6.07 Å². The van der Waals surface area contributed by atoms with Gasteiger partial charge in [-0.1, -0.05) is 18.2 Å². The fourth-order valence-electron chi connectivity index (χ4n) is 1.32. The first kappa shape index (κ1) is 14.1. The number of carbonyl (C=O) groups is 2. The molecule has 0 fully saturated rings. The highest BCUT2D eigenvalue weighted by molar-refractivity contribution is 7.89. The topological polar surface area (TPSA) is 124 Å². The van der Waals surface area contributed by atoms with Crippen LogP contribution in [0.15, 0.2) is 35.2 Å². The molecule has 4 N–H and O–H groups in total. The average molecular weight is 271 g/mol. The minimum absolute atomic E-state index is 0.0347. The van der Waals surface area contributed by atoms with Gasteiger partial charge < -0.3 is 11.5 Å². The summed E-state index contributed by atoms with van der Waals surface area (Å²) in [5, 5.41) is 0. The summed E-state index contributed by atoms with van der Waals surface area (Å²) < 4.78 is 24.9. The molecule has 0 aromatic heterocycles. The van der Waals surface area contributed by atoms with E-state index in [4.69, 9.17) is 11.5 Å². The molecule has 98 valence electrons. The van der Waals surface area contributed by atoms with E-state index in [9.17, 15) is 18.0 Å². The van der Waals surface area contributed by atoms with Crippen LogP contribution in [0.2, 0.25) is 0 Å². The molecule has 0 aliphatic carbocycles. The van der Waals surface area contributed by atoms with E-state index in [1.807, 2.05) is 0 Å². The molecule has 8 heteroatoms. The summed E-state index contributed by atoms with van der Waals surface area (Å²) >= 11 is 0. The van der Waals surface area contributed by atoms with E-state index in [1.165, 1.54) is 24.3 Å². The Morgan fingerprint density at radius 1 is 1.00 bits per heavy atom. The number of hydrogen-bond donors (Lipinski definition) is 2. The molecule has 1 aromatic carbocycles. The Morgan fingerprint density at radius 2 is 1.44 bits per heavy atom. The zero-order valence-electron chi connectivity index (χ0n) is 9.44. The van der Waals surface area contributed by atoms with E-state index in [2.05, 4.69) is 0 Å². The minimum Gasteiger partial charge on any atom is -0.369 e. The van der Waals surface area contributed by atoms with Gasteiger partial charge in [0.05, 0.1) is 18.0 Å². The molecule has 0 aliphatic heterocycles. The lowest BCUT2D eigenvalue weighted by atomic mass is 10.4. The zero-order valence-corrected chi connectivity index (χ0v) is 10.3. The van der Waals surface area contributed by atoms with Gasteiger partial charge in [-0.25, -0.2) is 8.42 Å². The van der Waals surface area contributed by atoms with Crippen LogP contribution < -0.4 is 11.5 Å². The summed E-state index contributed by atoms with van der Waals surface area (Å²) in [4.78, 5) is 21.6. The van der Waals surface area contributed by atoms with E-state index < -0.39 is 34.9 Å². The average Bonchev–Trinajstić information content (AvgIpc) is 2.28. The molecule has 0 saturated carbocycles. The van der Waals surface area contributed by atoms with Gasteiger partial charge in [0.1, 0.15) is 0 Å². The standard InChI is InChI=1S/C10H13N3O4S/c11-9(14)6-13(7-10(12)15)18(16,17)8-4-2-1-3-5-8/h1-5H,6-7H2,(H2,11,14)(H2,12,15). The highest BCUT2D eigenvalue weighted by Gasteiger charge is 2.26. The monoisotopic (exact) mass is 271 g/mol. The van der Waals surface area contributed by atoms with Gasteiger partial charge >= 0.3 is 0 Å². The first-order chi connectivity index (χ1) is 8.34. The number of amides is 2. The third kappa shape index (κ3) is 3.54. The summed E-state index contributed by atoms with van der Waals surface area (Å²) in [6.45, 7) is -1.19. The SMILES string of the molecule is NC(=O)CN(CC(N)=O)S(=O)(=O)c1ccccc1. The molecule has 7 nitrogen and oxygen atoms in total. The van der Waals surface area contributed by atoms with E-state index in [0.717, 1.165) is 0 Å². The van der Waals surface area contributed by atoms with Gasteiger partial charge in [-0.2, -0.15) is 4.31 Å². The van der Waals surface area contributed by atoms with Crippen molar-refractivity contribution in [2.75, 3.05) is 13.1 Å². The van der Waals surface area contributed by atoms with Crippen molar-refractivity contribution in [2.24, 2.45) is 11.5 Å². The van der Waals surface area contributed by atoms with Crippen LogP contribution in [0.1, 0.15) is 0 Å². The number of sulfonamides is 1. The van der Waals surface area contributed by atoms with Crippen molar-refractivity contribution in [1.29, 1.82) is 0 Å². The summed E-state index contributed by atoms with van der Waals surface area (Å²) in [7, 11) is -3.96. The number of primary amides is 2. The maximum Gasteiger partial charge on any atom is 0.244 e. The van der Waals surface area contributed by atoms with Gasteiger partial charge in [-0.3, -0.25) is 9.59 Å². The van der Waals surface area contributed by atoms with Crippen LogP contribution in [-0.2, 0) is 19.6 Å². The van der Waals surface area contributed by atoms with Crippen molar-refractivity contribution in [1.82, 2.24) is 4.31 Å². The fraction of sp³-hybridized carbons (Fsp3) is 0.200. The van der Waals surface area contributed by atoms with E-state index in [0.29, 0.717) is 4.31 Å². The summed E-state index contributed by atoms with van der Waals surface area (Å²) in [6.07, 6.45) is 0. The molecule has 1 aromatic rings. The number of nitrogens with zero attached hydrogens (tertiary/aromatic N) is 1. The smallest absolute Gasteiger partial charge is 0.244 e. The van der Waals surface area contributed by atoms with Gasteiger partial charge in [-0.05, 0) is 12.1 Å². The molecule has 18 heavy (non-hydrogen) atoms. The van der Waals surface area contributed by atoms with Crippen LogP contribution in [0.4, 0.5) is 0 Å². The summed E-state index contributed by atoms with van der Waals surface area (Å²) in [5.74, 6) is -1.73. The van der Waals surface area contributed by atoms with Crippen LogP contribution in [0.25, 0.3) is 0 Å². The third-order valence-corrected chi connectivity index (χ3v) is 3.85. The summed E-state index contributed by atoms with van der Waals surface area (Å²) in [6, 6.07) is 7.40. The molecule has 0 heterocycles. The maximum atomic E-state index is 12.1. The molecule has 0 spiro atoms. The Labute approximate surface area is 104 Å². The molecule has 2 amide bonds. The van der Waals surface area contributed by atoms with Crippen molar-refractivity contribution in [3.8, 4) is 0 Å². The van der Waals surface area contributed by atoms with E-state index >= 15 is 0 Å². The van der Waals surface area contributed by atoms with Crippen molar-refractivity contribution >= 4 is 21.8 Å². The van der Waals surface area contributed by atoms with Crippen molar-refractivity contribution in [3.05, 3.63) is 30.3 Å². The van der Waals surface area contributed by atoms with Crippen LogP contribution >= 0.6 is 0 Å². The second-order valence-electron chi connectivity index (χ2n) is 3.52. The molecular formula is C10H13N3O4S. The van der Waals surface area contributed by atoms with Crippen LogP contribution in [0.3, 0.4) is 0 Å². The second kappa shape index (κ2) is 5.61. The molecule has 0 radical (unpaired) electrons. The van der Waals surface area contributed by atoms with Gasteiger partial charge in [0.2, 0.25) is 21.8 Å². The number of carbonyl (C=O) groups excluding carboxylic acids is 2. The predicted octanol–water partition coefficient (Wildman–Crippen LogP) is -1.35. The molecule has 0 unspecified atom stereocenters. The normalized spacial score (nSPS) is 11.4. The van der Waals surface area contributed by atoms with Gasteiger partial charge in [-0.15, -0.1) is 0 Å². The van der Waals surface area contributed by atoms with Gasteiger partial charge in [0, 0.05) is 0 Å². The van der Waals surface area contributed by atoms with Gasteiger partial charge in [0.15, 0.2) is 0 Å². The van der Waals surface area contributed by atoms with Crippen molar-refractivity contribution in [2.45, 2.75) is 4.90 Å². The first-order valence-corrected chi connectivity index (χ1v) is 6.40. The van der Waals surface area contributed by atoms with Crippen molar-refractivity contribution < 1.29 is 18.0 Å². The molecule has 0 aliphatic rings. The Morgan fingerprint density at radius 3 is 1.83 bits per heavy atom. The molecule has 0 bridgehead atoms. The van der Waals surface area contributed by atoms with Crippen molar-refractivity contribution in [3.63, 3.8) is 0 Å². The Kier molecular flexibility index (Phi) is 4.40. The largest absolute Gasteiger partial charge is 0.369 e. The molecule has 0 saturated heterocycles. The number of nitrogens with two attached hydrogens (primary N) is 2. The lowest BCUT2D eigenvalue weighted by molar-refractivity contribution is -0.120. The second-order valence-corrected chi connectivity index (χ2v) is 5.46. The maximum absolute atomic E-state index is 12.1. The highest BCUT2D eigenvalue weighted by atomic mass is 32.2. The lowest BCUT2D eigenvalue weighted by Gasteiger charge is -2.18. The number of rotatable bonds is 6. The predicted molar refractivity (Wildman–Crippen MR) is 63.6 cm³/mol. The quantitative estimate of drug-likeness (QED) is 0.663. The fourth-order valence-corrected chi connectivity index (χ4v) is 2.71. The van der Waals surface area contributed by atoms with Gasteiger partial charge in [0.25, 0.3) is 0 Å². The van der Waals surface area contributed by atoms with Crippen LogP contribution in [-0.4, -0.2) is 37.6 Å². The summed E-state index contributed by atoms with van der Waals surface area (Å²) in [5.41, 5.74) is 9.89. The number of hydrogen-bond acceptors (Lipinski definition) is 4. The molecule has 0 atom stereocenters. The third-order valence-electron chi connectivity index (χ3n) is 2.05. The lowest BCUT2D eigenvalue weighted by Crippen LogP contribution is -2.43. The van der Waals surface area contributed by atoms with E-state index in [-0.39, 0.29) is 4.90 Å². The molecular weight excluding hydrogens is 258 g/mol. The highest BCUT2D eigenvalue weighted by Crippen LogP contribution is 2.14. The minimum atomic E-state index is -3.96. The Balaban J connectivity index is 3.11. The zero-order chi connectivity index (χ0) is 13.8. The number of benzene rings is 1. The Bertz CT molecular complexity index is 526. The first-order valence-electron chi connectivity index (χ1n) is 4.96. The van der Waals surface area contributed by atoms with Crippen LogP contribution in [0, 0.1) is 0 Å². The Hall–Kier alpha value is -1.93. The molecule has 1 rings (SSSR count). The van der Waals surface area contributed by atoms with Crippen LogP contribution in [0.5, 0.6) is 0 Å².